The van der Waals surface area contributed by atoms with Crippen molar-refractivity contribution in [3.05, 3.63) is 57.0 Å². The van der Waals surface area contributed by atoms with Gasteiger partial charge in [0.25, 0.3) is 5.56 Å². The number of aromatic amines is 1. The number of esters is 2. The number of fused-ring (bicyclic) bond motifs is 1. The number of carbonyl (C=O) groups is 2. The summed E-state index contributed by atoms with van der Waals surface area (Å²) in [6.07, 6.45) is -0.799. The van der Waals surface area contributed by atoms with Crippen LogP contribution in [0.5, 0.6) is 5.75 Å². The average molecular weight is 416 g/mol. The molecule has 0 fully saturated rings. The molecular formula is C20H20N2O6S. The fourth-order valence-corrected chi connectivity index (χ4v) is 3.77. The number of nitrogens with zero attached hydrogens (tertiary/aromatic N) is 1. The van der Waals surface area contributed by atoms with Crippen LogP contribution >= 0.6 is 11.3 Å². The topological polar surface area (TPSA) is 108 Å². The van der Waals surface area contributed by atoms with Crippen molar-refractivity contribution in [2.75, 3.05) is 13.2 Å². The van der Waals surface area contributed by atoms with Crippen LogP contribution in [0.25, 0.3) is 10.2 Å². The van der Waals surface area contributed by atoms with Gasteiger partial charge in [0.05, 0.1) is 12.0 Å². The van der Waals surface area contributed by atoms with Crippen molar-refractivity contribution in [2.24, 2.45) is 0 Å². The van der Waals surface area contributed by atoms with Gasteiger partial charge >= 0.3 is 11.9 Å². The van der Waals surface area contributed by atoms with E-state index in [1.165, 1.54) is 0 Å². The minimum atomic E-state index is -0.799. The van der Waals surface area contributed by atoms with E-state index in [4.69, 9.17) is 14.2 Å². The van der Waals surface area contributed by atoms with Crippen molar-refractivity contribution in [1.82, 2.24) is 9.97 Å². The Hall–Kier alpha value is -3.20. The van der Waals surface area contributed by atoms with Crippen molar-refractivity contribution in [3.63, 3.8) is 0 Å². The minimum Gasteiger partial charge on any atom is -0.482 e. The Kier molecular flexibility index (Phi) is 6.28. The fourth-order valence-electron chi connectivity index (χ4n) is 2.69. The number of para-hydroxylation sites is 1. The van der Waals surface area contributed by atoms with Crippen molar-refractivity contribution >= 4 is 33.5 Å². The molecule has 0 aliphatic heterocycles. The van der Waals surface area contributed by atoms with Gasteiger partial charge in [0.2, 0.25) is 0 Å². The summed E-state index contributed by atoms with van der Waals surface area (Å²) in [6.45, 7) is 4.94. The van der Waals surface area contributed by atoms with Crippen molar-refractivity contribution in [3.8, 4) is 5.75 Å². The van der Waals surface area contributed by atoms with Crippen LogP contribution in [0, 0.1) is 6.92 Å². The molecule has 1 aromatic carbocycles. The number of rotatable bonds is 7. The number of aryl methyl sites for hydroxylation is 1. The molecule has 8 nitrogen and oxygen atoms in total. The average Bonchev–Trinajstić information content (AvgIpc) is 3.04. The predicted molar refractivity (Wildman–Crippen MR) is 107 cm³/mol. The van der Waals surface area contributed by atoms with E-state index in [2.05, 4.69) is 9.97 Å². The van der Waals surface area contributed by atoms with Gasteiger partial charge in [0, 0.05) is 0 Å². The highest BCUT2D eigenvalue weighted by Gasteiger charge is 2.22. The van der Waals surface area contributed by atoms with Crippen LogP contribution < -0.4 is 10.3 Å². The molecule has 29 heavy (non-hydrogen) atoms. The summed E-state index contributed by atoms with van der Waals surface area (Å²) < 4.78 is 15.7. The monoisotopic (exact) mass is 416 g/mol. The summed E-state index contributed by atoms with van der Waals surface area (Å²) in [7, 11) is 0. The normalized spacial score (nSPS) is 11.8. The van der Waals surface area contributed by atoms with E-state index >= 15 is 0 Å². The van der Waals surface area contributed by atoms with E-state index in [0.717, 1.165) is 11.3 Å². The summed E-state index contributed by atoms with van der Waals surface area (Å²) in [4.78, 5) is 44.3. The predicted octanol–water partition coefficient (Wildman–Crippen LogP) is 3.15. The number of nitrogens with one attached hydrogen (secondary N) is 1. The van der Waals surface area contributed by atoms with Crippen LogP contribution in [0.4, 0.5) is 0 Å². The largest absolute Gasteiger partial charge is 0.482 e. The molecule has 1 N–H and O–H groups in total. The molecule has 2 heterocycles. The Morgan fingerprint density at radius 3 is 2.66 bits per heavy atom. The second-order valence-electron chi connectivity index (χ2n) is 6.14. The molecular weight excluding hydrogens is 396 g/mol. The molecule has 0 amide bonds. The maximum atomic E-state index is 12.5. The summed E-state index contributed by atoms with van der Waals surface area (Å²) in [5.41, 5.74) is 0.113. The molecule has 1 atom stereocenters. The number of benzene rings is 1. The van der Waals surface area contributed by atoms with E-state index in [-0.39, 0.29) is 19.0 Å². The standard InChI is InChI=1S/C20H20N2O6S/c1-4-26-20(25)16-11(2)15-18(24)21-17(22-19(15)29-16)12(3)28-14(23)10-27-13-8-6-5-7-9-13/h5-9,12H,4,10H2,1-3H3,(H,21,22,24)/t12-/m1/s1. The van der Waals surface area contributed by atoms with E-state index in [9.17, 15) is 14.4 Å². The third-order valence-corrected chi connectivity index (χ3v) is 5.24. The van der Waals surface area contributed by atoms with E-state index in [1.807, 2.05) is 6.07 Å². The smallest absolute Gasteiger partial charge is 0.348 e. The first-order valence-corrected chi connectivity index (χ1v) is 9.80. The van der Waals surface area contributed by atoms with Crippen molar-refractivity contribution in [2.45, 2.75) is 26.9 Å². The van der Waals surface area contributed by atoms with Gasteiger partial charge in [-0.05, 0) is 38.5 Å². The number of thiophene rings is 1. The number of carbonyl (C=O) groups excluding carboxylic acids is 2. The van der Waals surface area contributed by atoms with Gasteiger partial charge in [0.15, 0.2) is 18.5 Å². The maximum Gasteiger partial charge on any atom is 0.348 e. The highest BCUT2D eigenvalue weighted by atomic mass is 32.1. The van der Waals surface area contributed by atoms with Gasteiger partial charge < -0.3 is 19.2 Å². The van der Waals surface area contributed by atoms with Crippen LogP contribution in [-0.4, -0.2) is 35.1 Å². The zero-order valence-corrected chi connectivity index (χ0v) is 17.0. The number of H-pyrrole nitrogens is 1. The number of hydrogen-bond acceptors (Lipinski definition) is 8. The third-order valence-electron chi connectivity index (χ3n) is 4.07. The SMILES string of the molecule is CCOC(=O)c1sc2nc([C@@H](C)OC(=O)COc3ccccc3)[nH]c(=O)c2c1C. The van der Waals surface area contributed by atoms with Gasteiger partial charge in [-0.3, -0.25) is 4.79 Å². The molecule has 2 aromatic heterocycles. The van der Waals surface area contributed by atoms with Crippen molar-refractivity contribution in [1.29, 1.82) is 0 Å². The molecule has 3 rings (SSSR count). The first-order chi connectivity index (χ1) is 13.9. The molecule has 9 heteroatoms. The fraction of sp³-hybridized carbons (Fsp3) is 0.300. The highest BCUT2D eigenvalue weighted by molar-refractivity contribution is 7.20. The van der Waals surface area contributed by atoms with E-state index < -0.39 is 23.6 Å². The molecule has 0 aliphatic carbocycles. The van der Waals surface area contributed by atoms with Crippen LogP contribution in [0.2, 0.25) is 0 Å². The first-order valence-electron chi connectivity index (χ1n) is 8.98. The molecule has 0 saturated carbocycles. The minimum absolute atomic E-state index is 0.187. The molecule has 0 bridgehead atoms. The Labute approximate surface area is 170 Å². The molecule has 3 aromatic rings. The Morgan fingerprint density at radius 2 is 1.97 bits per heavy atom. The van der Waals surface area contributed by atoms with Gasteiger partial charge in [-0.1, -0.05) is 18.2 Å². The summed E-state index contributed by atoms with van der Waals surface area (Å²) >= 11 is 1.07. The second-order valence-corrected chi connectivity index (χ2v) is 7.14. The van der Waals surface area contributed by atoms with Crippen LogP contribution in [-0.2, 0) is 14.3 Å². The molecule has 0 saturated heterocycles. The van der Waals surface area contributed by atoms with Gasteiger partial charge in [-0.2, -0.15) is 0 Å². The van der Waals surface area contributed by atoms with Crippen LogP contribution in [0.3, 0.4) is 0 Å². The lowest BCUT2D eigenvalue weighted by Crippen LogP contribution is -2.20. The molecule has 0 aliphatic rings. The van der Waals surface area contributed by atoms with Gasteiger partial charge in [-0.25, -0.2) is 14.6 Å². The lowest BCUT2D eigenvalue weighted by Gasteiger charge is -2.13. The van der Waals surface area contributed by atoms with E-state index in [1.54, 1.807) is 45.0 Å². The van der Waals surface area contributed by atoms with Crippen LogP contribution in [0.1, 0.15) is 41.0 Å². The Morgan fingerprint density at radius 1 is 1.24 bits per heavy atom. The molecule has 0 unspecified atom stereocenters. The number of ether oxygens (including phenoxy) is 3. The zero-order valence-electron chi connectivity index (χ0n) is 16.2. The molecule has 0 radical (unpaired) electrons. The third kappa shape index (κ3) is 4.62. The Bertz CT molecular complexity index is 1090. The number of hydrogen-bond donors (Lipinski definition) is 1. The Balaban J connectivity index is 1.76. The highest BCUT2D eigenvalue weighted by Crippen LogP contribution is 2.28. The summed E-state index contributed by atoms with van der Waals surface area (Å²) in [6, 6.07) is 8.88. The van der Waals surface area contributed by atoms with Crippen LogP contribution in [0.15, 0.2) is 35.1 Å². The zero-order chi connectivity index (χ0) is 21.0. The van der Waals surface area contributed by atoms with E-state index in [0.29, 0.717) is 26.4 Å². The maximum absolute atomic E-state index is 12.5. The van der Waals surface area contributed by atoms with Gasteiger partial charge in [-0.15, -0.1) is 11.3 Å². The first kappa shape index (κ1) is 20.5. The number of aromatic nitrogens is 2. The lowest BCUT2D eigenvalue weighted by molar-refractivity contribution is -0.151. The molecule has 152 valence electrons. The lowest BCUT2D eigenvalue weighted by atomic mass is 10.2. The quantitative estimate of drug-likeness (QED) is 0.590. The second kappa shape index (κ2) is 8.87. The molecule has 0 spiro atoms. The van der Waals surface area contributed by atoms with Crippen molar-refractivity contribution < 1.29 is 23.8 Å². The van der Waals surface area contributed by atoms with Gasteiger partial charge in [0.1, 0.15) is 15.5 Å². The summed E-state index contributed by atoms with van der Waals surface area (Å²) in [5, 5.41) is 0.327. The summed E-state index contributed by atoms with van der Waals surface area (Å²) in [5.74, 6) is -0.358.